The standard InChI is InChI=1S/C6H10O2Te/c1-3-5(4-9-2)6(7)8/h3H,4H2,1-2H3,(H,7,8). The summed E-state index contributed by atoms with van der Waals surface area (Å²) in [6.07, 6.45) is 1.68. The Kier molecular flexibility index (Phi) is 4.84. The van der Waals surface area contributed by atoms with Crippen LogP contribution in [0.15, 0.2) is 11.6 Å². The monoisotopic (exact) mass is 244 g/mol. The molecular formula is C6H10O2Te. The number of hydrogen-bond acceptors (Lipinski definition) is 1. The molecule has 1 N–H and O–H groups in total. The Labute approximate surface area is 65.0 Å². The zero-order chi connectivity index (χ0) is 7.28. The van der Waals surface area contributed by atoms with Crippen LogP contribution < -0.4 is 0 Å². The number of allylic oxidation sites excluding steroid dienone is 1. The molecule has 2 nitrogen and oxygen atoms in total. The summed E-state index contributed by atoms with van der Waals surface area (Å²) in [5.41, 5.74) is 0.569. The molecule has 0 atom stereocenters. The first-order chi connectivity index (χ1) is 4.22. The number of carboxylic acids is 1. The molecule has 0 aromatic heterocycles. The van der Waals surface area contributed by atoms with Gasteiger partial charge in [-0.05, 0) is 0 Å². The summed E-state index contributed by atoms with van der Waals surface area (Å²) < 4.78 is 0.802. The number of hydrogen-bond donors (Lipinski definition) is 1. The van der Waals surface area contributed by atoms with Crippen LogP contribution in [-0.2, 0) is 4.79 Å². The number of carbonyl (C=O) groups is 1. The van der Waals surface area contributed by atoms with Crippen LogP contribution in [0, 0.1) is 0 Å². The molecule has 0 fully saturated rings. The van der Waals surface area contributed by atoms with Crippen LogP contribution in [0.3, 0.4) is 0 Å². The van der Waals surface area contributed by atoms with E-state index in [9.17, 15) is 4.79 Å². The second-order valence-corrected chi connectivity index (χ2v) is 4.02. The molecule has 0 unspecified atom stereocenters. The van der Waals surface area contributed by atoms with Crippen LogP contribution in [0.5, 0.6) is 0 Å². The second kappa shape index (κ2) is 4.84. The van der Waals surface area contributed by atoms with E-state index in [1.54, 1.807) is 13.0 Å². The minimum absolute atomic E-state index is 0.0704. The third kappa shape index (κ3) is 3.56. The molecular weight excluding hydrogens is 232 g/mol. The Bertz CT molecular complexity index is 129. The van der Waals surface area contributed by atoms with E-state index in [1.807, 2.05) is 0 Å². The zero-order valence-corrected chi connectivity index (χ0v) is 7.88. The summed E-state index contributed by atoms with van der Waals surface area (Å²) in [5, 5.41) is 8.46. The summed E-state index contributed by atoms with van der Waals surface area (Å²) in [6.45, 7) is 1.77. The van der Waals surface area contributed by atoms with E-state index < -0.39 is 5.97 Å². The minimum atomic E-state index is -0.760. The SMILES string of the molecule is CC=C(C[Te]C)C(=O)O. The molecule has 0 saturated carbocycles. The molecule has 0 bridgehead atoms. The van der Waals surface area contributed by atoms with E-state index >= 15 is 0 Å². The van der Waals surface area contributed by atoms with Gasteiger partial charge in [-0.15, -0.1) is 0 Å². The van der Waals surface area contributed by atoms with E-state index in [0.29, 0.717) is 5.57 Å². The Morgan fingerprint density at radius 1 is 1.78 bits per heavy atom. The first-order valence-electron chi connectivity index (χ1n) is 2.59. The van der Waals surface area contributed by atoms with E-state index in [1.165, 1.54) is 0 Å². The molecule has 0 aromatic carbocycles. The summed E-state index contributed by atoms with van der Waals surface area (Å²) in [5.74, 6) is -0.760. The van der Waals surface area contributed by atoms with E-state index in [2.05, 4.69) is 4.97 Å². The van der Waals surface area contributed by atoms with Crippen LogP contribution in [0.1, 0.15) is 6.92 Å². The molecule has 0 rings (SSSR count). The maximum absolute atomic E-state index is 10.3. The predicted octanol–water partition coefficient (Wildman–Crippen LogP) is 1.19. The Morgan fingerprint density at radius 3 is 2.44 bits per heavy atom. The number of aliphatic carboxylic acids is 1. The van der Waals surface area contributed by atoms with Crippen molar-refractivity contribution in [1.82, 2.24) is 0 Å². The Balaban J connectivity index is 3.85. The summed E-state index contributed by atoms with van der Waals surface area (Å²) in [7, 11) is 0. The maximum atomic E-state index is 10.3. The van der Waals surface area contributed by atoms with Crippen molar-refractivity contribution < 1.29 is 9.90 Å². The van der Waals surface area contributed by atoms with Gasteiger partial charge in [0.05, 0.1) is 0 Å². The number of carboxylic acid groups (broad SMARTS) is 1. The predicted molar refractivity (Wildman–Crippen MR) is 37.8 cm³/mol. The molecule has 3 heteroatoms. The molecule has 0 aliphatic rings. The molecule has 0 saturated heterocycles. The van der Waals surface area contributed by atoms with Gasteiger partial charge in [-0.3, -0.25) is 0 Å². The first kappa shape index (κ1) is 9.00. The van der Waals surface area contributed by atoms with Crippen LogP contribution in [0.2, 0.25) is 9.44 Å². The van der Waals surface area contributed by atoms with Crippen molar-refractivity contribution in [2.75, 3.05) is 0 Å². The fourth-order valence-corrected chi connectivity index (χ4v) is 2.14. The van der Waals surface area contributed by atoms with E-state index in [-0.39, 0.29) is 20.9 Å². The van der Waals surface area contributed by atoms with Gasteiger partial charge >= 0.3 is 64.8 Å². The molecule has 52 valence electrons. The normalized spacial score (nSPS) is 11.6. The third-order valence-electron chi connectivity index (χ3n) is 0.923. The van der Waals surface area contributed by atoms with Gasteiger partial charge in [0, 0.05) is 0 Å². The quantitative estimate of drug-likeness (QED) is 0.595. The molecule has 0 radical (unpaired) electrons. The van der Waals surface area contributed by atoms with Crippen molar-refractivity contribution in [2.45, 2.75) is 16.4 Å². The zero-order valence-electron chi connectivity index (χ0n) is 5.55. The molecule has 0 aliphatic heterocycles. The third-order valence-corrected chi connectivity index (χ3v) is 2.63. The van der Waals surface area contributed by atoms with Gasteiger partial charge in [0.15, 0.2) is 0 Å². The van der Waals surface area contributed by atoms with E-state index in [0.717, 1.165) is 4.47 Å². The molecule has 0 heterocycles. The second-order valence-electron chi connectivity index (χ2n) is 1.55. The van der Waals surface area contributed by atoms with Gasteiger partial charge in [-0.25, -0.2) is 0 Å². The summed E-state index contributed by atoms with van der Waals surface area (Å²) >= 11 is -0.0704. The first-order valence-corrected chi connectivity index (χ1v) is 6.57. The summed E-state index contributed by atoms with van der Waals surface area (Å²) in [4.78, 5) is 12.4. The van der Waals surface area contributed by atoms with Gasteiger partial charge in [0.25, 0.3) is 0 Å². The fourth-order valence-electron chi connectivity index (χ4n) is 0.424. The van der Waals surface area contributed by atoms with Gasteiger partial charge in [0.2, 0.25) is 0 Å². The van der Waals surface area contributed by atoms with Gasteiger partial charge in [0.1, 0.15) is 0 Å². The Morgan fingerprint density at radius 2 is 2.33 bits per heavy atom. The molecule has 0 aromatic rings. The van der Waals surface area contributed by atoms with Crippen LogP contribution in [0.4, 0.5) is 0 Å². The summed E-state index contributed by atoms with van der Waals surface area (Å²) in [6, 6.07) is 0. The van der Waals surface area contributed by atoms with Gasteiger partial charge in [-0.1, -0.05) is 0 Å². The van der Waals surface area contributed by atoms with Crippen LogP contribution in [-0.4, -0.2) is 32.0 Å². The average molecular weight is 242 g/mol. The van der Waals surface area contributed by atoms with Crippen molar-refractivity contribution in [3.8, 4) is 0 Å². The molecule has 9 heavy (non-hydrogen) atoms. The number of rotatable bonds is 3. The topological polar surface area (TPSA) is 37.3 Å². The van der Waals surface area contributed by atoms with Crippen molar-refractivity contribution >= 4 is 26.9 Å². The van der Waals surface area contributed by atoms with Gasteiger partial charge in [-0.2, -0.15) is 0 Å². The van der Waals surface area contributed by atoms with Crippen LogP contribution in [0.25, 0.3) is 0 Å². The fraction of sp³-hybridized carbons (Fsp3) is 0.500. The van der Waals surface area contributed by atoms with Crippen LogP contribution >= 0.6 is 0 Å². The van der Waals surface area contributed by atoms with Crippen molar-refractivity contribution in [1.29, 1.82) is 0 Å². The molecule has 0 aliphatic carbocycles. The molecule has 0 spiro atoms. The van der Waals surface area contributed by atoms with Crippen molar-refractivity contribution in [2.24, 2.45) is 0 Å². The Hall–Kier alpha value is -0.000390. The van der Waals surface area contributed by atoms with E-state index in [4.69, 9.17) is 5.11 Å². The van der Waals surface area contributed by atoms with Gasteiger partial charge < -0.3 is 0 Å². The van der Waals surface area contributed by atoms with Crippen molar-refractivity contribution in [3.63, 3.8) is 0 Å². The van der Waals surface area contributed by atoms with Crippen molar-refractivity contribution in [3.05, 3.63) is 11.6 Å². The molecule has 0 amide bonds. The average Bonchev–Trinajstić information content (AvgIpc) is 1.82.